The lowest BCUT2D eigenvalue weighted by Gasteiger charge is -2.13. The molecule has 0 saturated heterocycles. The van der Waals surface area contributed by atoms with Gasteiger partial charge in [0.2, 0.25) is 0 Å². The molecule has 0 bridgehead atoms. The number of hydrogen-bond acceptors (Lipinski definition) is 5. The van der Waals surface area contributed by atoms with Crippen LogP contribution in [-0.2, 0) is 0 Å². The van der Waals surface area contributed by atoms with Crippen LogP contribution in [0.3, 0.4) is 0 Å². The number of nitrogens with zero attached hydrogens (tertiary/aromatic N) is 2. The Morgan fingerprint density at radius 2 is 2.14 bits per heavy atom. The minimum absolute atomic E-state index is 0.0530. The number of nitrogens with two attached hydrogens (primary N) is 1. The number of thiazole rings is 1. The van der Waals surface area contributed by atoms with E-state index in [1.165, 1.54) is 28.4 Å². The van der Waals surface area contributed by atoms with Crippen LogP contribution in [0.2, 0.25) is 0 Å². The van der Waals surface area contributed by atoms with Gasteiger partial charge in [0, 0.05) is 19.2 Å². The molecular weight excluding hydrogens is 292 g/mol. The van der Waals surface area contributed by atoms with Gasteiger partial charge >= 0.3 is 6.03 Å². The Morgan fingerprint density at radius 1 is 1.43 bits per heavy atom. The van der Waals surface area contributed by atoms with Gasteiger partial charge in [-0.3, -0.25) is 9.69 Å². The number of hydrogen-bond donors (Lipinski definition) is 3. The molecule has 0 radical (unpaired) electrons. The van der Waals surface area contributed by atoms with E-state index in [4.69, 9.17) is 5.73 Å². The van der Waals surface area contributed by atoms with E-state index in [9.17, 15) is 14.7 Å². The lowest BCUT2D eigenvalue weighted by atomic mass is 10.2. The van der Waals surface area contributed by atoms with Gasteiger partial charge in [0.15, 0.2) is 5.13 Å². The third kappa shape index (κ3) is 2.89. The van der Waals surface area contributed by atoms with Crippen LogP contribution in [0.4, 0.5) is 9.93 Å². The van der Waals surface area contributed by atoms with Crippen LogP contribution in [0.25, 0.3) is 10.2 Å². The first-order valence-corrected chi connectivity index (χ1v) is 7.28. The van der Waals surface area contributed by atoms with Crippen LogP contribution in [0.5, 0.6) is 5.75 Å². The molecule has 0 aliphatic carbocycles. The van der Waals surface area contributed by atoms with E-state index in [1.807, 2.05) is 6.92 Å². The molecule has 0 spiro atoms. The van der Waals surface area contributed by atoms with Gasteiger partial charge in [-0.1, -0.05) is 11.3 Å². The Balaban J connectivity index is 2.58. The molecular formula is C13H16N4O3S. The Hall–Kier alpha value is -2.35. The summed E-state index contributed by atoms with van der Waals surface area (Å²) in [5.41, 5.74) is 6.09. The summed E-state index contributed by atoms with van der Waals surface area (Å²) in [4.78, 5) is 29.0. The molecule has 1 aromatic heterocycles. The number of aromatic hydroxyl groups is 1. The van der Waals surface area contributed by atoms with E-state index < -0.39 is 6.03 Å². The summed E-state index contributed by atoms with van der Waals surface area (Å²) in [5, 5.41) is 12.8. The molecule has 8 heteroatoms. The zero-order valence-electron chi connectivity index (χ0n) is 11.7. The van der Waals surface area contributed by atoms with Gasteiger partial charge in [-0.2, -0.15) is 0 Å². The average Bonchev–Trinajstić information content (AvgIpc) is 2.81. The van der Waals surface area contributed by atoms with Crippen LogP contribution < -0.4 is 16.0 Å². The average molecular weight is 308 g/mol. The molecule has 7 nitrogen and oxygen atoms in total. The number of carbonyl (C=O) groups excluding carboxylic acids is 2. The maximum Gasteiger partial charge on any atom is 0.321 e. The number of primary amides is 1. The smallest absolute Gasteiger partial charge is 0.321 e. The molecule has 2 aromatic rings. The molecule has 1 heterocycles. The van der Waals surface area contributed by atoms with Crippen LogP contribution in [0.15, 0.2) is 12.1 Å². The summed E-state index contributed by atoms with van der Waals surface area (Å²) in [6.45, 7) is 4.43. The Kier molecular flexibility index (Phi) is 4.27. The van der Waals surface area contributed by atoms with Gasteiger partial charge < -0.3 is 16.2 Å². The van der Waals surface area contributed by atoms with Crippen LogP contribution in [-0.4, -0.2) is 35.1 Å². The molecule has 0 atom stereocenters. The number of rotatable bonds is 4. The standard InChI is InChI=1S/C13H16N4O3S/c1-3-15-11(19)8-5-7(18)6-9-10(8)21-13(16-9)17(4-2)12(14)20/h5-6,18H,3-4H2,1-2H3,(H2,14,20)(H,15,19). The van der Waals surface area contributed by atoms with Crippen LogP contribution in [0.1, 0.15) is 24.2 Å². The molecule has 21 heavy (non-hydrogen) atoms. The molecule has 0 aliphatic rings. The van der Waals surface area contributed by atoms with Crippen molar-refractivity contribution >= 4 is 38.6 Å². The summed E-state index contributed by atoms with van der Waals surface area (Å²) in [7, 11) is 0. The van der Waals surface area contributed by atoms with Crippen molar-refractivity contribution in [1.82, 2.24) is 10.3 Å². The molecule has 0 aliphatic heterocycles. The SMILES string of the molecule is CCNC(=O)c1cc(O)cc2nc(N(CC)C(N)=O)sc12. The monoisotopic (exact) mass is 308 g/mol. The highest BCUT2D eigenvalue weighted by molar-refractivity contribution is 7.22. The number of carbonyl (C=O) groups is 2. The maximum atomic E-state index is 12.0. The predicted molar refractivity (Wildman–Crippen MR) is 81.9 cm³/mol. The van der Waals surface area contributed by atoms with Crippen LogP contribution in [0, 0.1) is 0 Å². The summed E-state index contributed by atoms with van der Waals surface area (Å²) in [6, 6.07) is 2.23. The topological polar surface area (TPSA) is 109 Å². The second-order valence-corrected chi connectivity index (χ2v) is 5.26. The number of amides is 3. The lowest BCUT2D eigenvalue weighted by Crippen LogP contribution is -2.35. The number of anilines is 1. The molecule has 0 saturated carbocycles. The van der Waals surface area contributed by atoms with E-state index in [-0.39, 0.29) is 11.7 Å². The Morgan fingerprint density at radius 3 is 2.71 bits per heavy atom. The summed E-state index contributed by atoms with van der Waals surface area (Å²) >= 11 is 1.19. The zero-order valence-corrected chi connectivity index (χ0v) is 12.5. The van der Waals surface area contributed by atoms with Gasteiger partial charge in [0.05, 0.1) is 15.8 Å². The van der Waals surface area contributed by atoms with Gasteiger partial charge in [-0.05, 0) is 19.9 Å². The largest absolute Gasteiger partial charge is 0.508 e. The van der Waals surface area contributed by atoms with Crippen molar-refractivity contribution in [2.75, 3.05) is 18.0 Å². The number of phenolic OH excluding ortho intramolecular Hbond substituents is 1. The third-order valence-corrected chi connectivity index (χ3v) is 3.99. The van der Waals surface area contributed by atoms with E-state index in [1.54, 1.807) is 6.92 Å². The molecule has 112 valence electrons. The molecule has 0 fully saturated rings. The van der Waals surface area contributed by atoms with E-state index in [2.05, 4.69) is 10.3 Å². The highest BCUT2D eigenvalue weighted by atomic mass is 32.1. The van der Waals surface area contributed by atoms with Crippen molar-refractivity contribution in [2.45, 2.75) is 13.8 Å². The third-order valence-electron chi connectivity index (χ3n) is 2.86. The summed E-state index contributed by atoms with van der Waals surface area (Å²) in [6.07, 6.45) is 0. The van der Waals surface area contributed by atoms with Crippen molar-refractivity contribution in [3.05, 3.63) is 17.7 Å². The molecule has 0 unspecified atom stereocenters. The molecule has 2 rings (SSSR count). The molecule has 1 aromatic carbocycles. The maximum absolute atomic E-state index is 12.0. The van der Waals surface area contributed by atoms with Crippen molar-refractivity contribution in [3.63, 3.8) is 0 Å². The predicted octanol–water partition coefficient (Wildman–Crippen LogP) is 1.66. The van der Waals surface area contributed by atoms with Crippen LogP contribution >= 0.6 is 11.3 Å². The van der Waals surface area contributed by atoms with Crippen molar-refractivity contribution < 1.29 is 14.7 Å². The number of fused-ring (bicyclic) bond motifs is 1. The van der Waals surface area contributed by atoms with Gasteiger partial charge in [-0.15, -0.1) is 0 Å². The van der Waals surface area contributed by atoms with Gasteiger partial charge in [-0.25, -0.2) is 9.78 Å². The normalized spacial score (nSPS) is 10.6. The fourth-order valence-electron chi connectivity index (χ4n) is 1.93. The van der Waals surface area contributed by atoms with E-state index in [0.29, 0.717) is 34.0 Å². The fraction of sp³-hybridized carbons (Fsp3) is 0.308. The second-order valence-electron chi connectivity index (χ2n) is 4.28. The lowest BCUT2D eigenvalue weighted by molar-refractivity contribution is 0.0957. The second kappa shape index (κ2) is 5.96. The first kappa shape index (κ1) is 15.0. The summed E-state index contributed by atoms with van der Waals surface area (Å²) in [5.74, 6) is -0.349. The number of aromatic nitrogens is 1. The number of nitrogens with one attached hydrogen (secondary N) is 1. The van der Waals surface area contributed by atoms with E-state index >= 15 is 0 Å². The quantitative estimate of drug-likeness (QED) is 0.798. The number of phenols is 1. The first-order chi connectivity index (χ1) is 9.97. The minimum atomic E-state index is -0.611. The first-order valence-electron chi connectivity index (χ1n) is 6.46. The highest BCUT2D eigenvalue weighted by Crippen LogP contribution is 2.34. The number of urea groups is 1. The minimum Gasteiger partial charge on any atom is -0.508 e. The summed E-state index contributed by atoms with van der Waals surface area (Å²) < 4.78 is 0.605. The Bertz CT molecular complexity index is 698. The van der Waals surface area contributed by atoms with Crippen molar-refractivity contribution in [3.8, 4) is 5.75 Å². The van der Waals surface area contributed by atoms with E-state index in [0.717, 1.165) is 0 Å². The zero-order chi connectivity index (χ0) is 15.6. The highest BCUT2D eigenvalue weighted by Gasteiger charge is 2.19. The van der Waals surface area contributed by atoms with Gasteiger partial charge in [0.1, 0.15) is 5.75 Å². The van der Waals surface area contributed by atoms with Crippen molar-refractivity contribution in [1.29, 1.82) is 0 Å². The molecule has 4 N–H and O–H groups in total. The van der Waals surface area contributed by atoms with Crippen molar-refractivity contribution in [2.24, 2.45) is 5.73 Å². The number of benzene rings is 1. The fourth-order valence-corrected chi connectivity index (χ4v) is 3.06. The molecule has 3 amide bonds. The Labute approximate surface area is 125 Å². The van der Waals surface area contributed by atoms with Gasteiger partial charge in [0.25, 0.3) is 5.91 Å².